The summed E-state index contributed by atoms with van der Waals surface area (Å²) in [7, 11) is 0. The first-order valence-corrected chi connectivity index (χ1v) is 10.9. The Hall–Kier alpha value is -3.17. The van der Waals surface area contributed by atoms with E-state index in [1.54, 1.807) is 25.1 Å². The van der Waals surface area contributed by atoms with Crippen LogP contribution in [0.25, 0.3) is 11.6 Å². The molecule has 2 aromatic rings. The third kappa shape index (κ3) is 5.74. The van der Waals surface area contributed by atoms with E-state index in [0.29, 0.717) is 22.3 Å². The highest BCUT2D eigenvalue weighted by Crippen LogP contribution is 2.38. The summed E-state index contributed by atoms with van der Waals surface area (Å²) >= 11 is 0. The molecule has 2 rings (SSSR count). The van der Waals surface area contributed by atoms with Crippen LogP contribution in [0.15, 0.2) is 79.4 Å². The fraction of sp³-hybridized carbons (Fsp3) is 0.241. The fourth-order valence-corrected chi connectivity index (χ4v) is 3.53. The van der Waals surface area contributed by atoms with Crippen molar-refractivity contribution < 1.29 is 14.2 Å². The summed E-state index contributed by atoms with van der Waals surface area (Å²) < 4.78 is 21.0. The molecule has 0 radical (unpaired) electrons. The molecule has 32 heavy (non-hydrogen) atoms. The predicted molar refractivity (Wildman–Crippen MR) is 134 cm³/mol. The highest BCUT2D eigenvalue weighted by Gasteiger charge is 2.24. The van der Waals surface area contributed by atoms with Crippen molar-refractivity contribution in [2.75, 3.05) is 6.61 Å². The number of halogens is 1. The maximum Gasteiger partial charge on any atom is 0.168 e. The molecular formula is C29H33FO2. The molecule has 2 aromatic carbocycles. The van der Waals surface area contributed by atoms with Crippen molar-refractivity contribution in [3.8, 4) is 5.75 Å². The largest absolute Gasteiger partial charge is 0.486 e. The molecule has 0 spiro atoms. The number of aliphatic hydroxyl groups is 1. The highest BCUT2D eigenvalue weighted by molar-refractivity contribution is 5.75. The lowest BCUT2D eigenvalue weighted by Gasteiger charge is -2.22. The van der Waals surface area contributed by atoms with Crippen molar-refractivity contribution in [3.05, 3.63) is 113 Å². The first-order chi connectivity index (χ1) is 15.4. The van der Waals surface area contributed by atoms with Crippen molar-refractivity contribution in [1.29, 1.82) is 0 Å². The van der Waals surface area contributed by atoms with Crippen LogP contribution in [-0.2, 0) is 6.42 Å². The van der Waals surface area contributed by atoms with Crippen LogP contribution in [0, 0.1) is 12.7 Å². The molecular weight excluding hydrogens is 399 g/mol. The van der Waals surface area contributed by atoms with Gasteiger partial charge in [0.1, 0.15) is 12.7 Å². The van der Waals surface area contributed by atoms with E-state index in [9.17, 15) is 5.11 Å². The minimum absolute atomic E-state index is 0.126. The topological polar surface area (TPSA) is 29.5 Å². The van der Waals surface area contributed by atoms with Gasteiger partial charge in [0.15, 0.2) is 11.6 Å². The molecule has 0 amide bonds. The number of allylic oxidation sites excluding steroid dienone is 4. The van der Waals surface area contributed by atoms with Gasteiger partial charge in [-0.05, 0) is 72.2 Å². The third-order valence-corrected chi connectivity index (χ3v) is 5.50. The van der Waals surface area contributed by atoms with E-state index >= 15 is 4.39 Å². The predicted octanol–water partition coefficient (Wildman–Crippen LogP) is 7.54. The molecule has 0 aliphatic rings. The Bertz CT molecular complexity index is 1060. The van der Waals surface area contributed by atoms with Gasteiger partial charge in [-0.15, -0.1) is 0 Å². The number of hydrogen-bond donors (Lipinski definition) is 1. The van der Waals surface area contributed by atoms with Gasteiger partial charge in [-0.3, -0.25) is 0 Å². The van der Waals surface area contributed by atoms with E-state index < -0.39 is 11.9 Å². The molecule has 2 nitrogen and oxygen atoms in total. The molecule has 3 heteroatoms. The molecule has 0 aliphatic heterocycles. The van der Waals surface area contributed by atoms with Crippen LogP contribution in [0.4, 0.5) is 4.39 Å². The van der Waals surface area contributed by atoms with Gasteiger partial charge in [-0.25, -0.2) is 4.39 Å². The summed E-state index contributed by atoms with van der Waals surface area (Å²) in [4.78, 5) is 0. The van der Waals surface area contributed by atoms with Crippen LogP contribution in [0.5, 0.6) is 5.75 Å². The van der Waals surface area contributed by atoms with E-state index in [2.05, 4.69) is 32.2 Å². The highest BCUT2D eigenvalue weighted by atomic mass is 19.1. The van der Waals surface area contributed by atoms with Crippen molar-refractivity contribution >= 4 is 11.6 Å². The molecule has 168 valence electrons. The van der Waals surface area contributed by atoms with Gasteiger partial charge in [0, 0.05) is 0 Å². The van der Waals surface area contributed by atoms with Gasteiger partial charge >= 0.3 is 0 Å². The smallest absolute Gasteiger partial charge is 0.168 e. The molecule has 0 saturated heterocycles. The molecule has 1 atom stereocenters. The SMILES string of the molecule is C=C/C(=C\C)COc1cc(C=C)c(C(O)/C(=C/C=C\C)c2cccc(CC)c2)c(C)c1F. The number of hydrogen-bond acceptors (Lipinski definition) is 2. The number of ether oxygens (including phenoxy) is 1. The zero-order valence-electron chi connectivity index (χ0n) is 19.5. The average molecular weight is 433 g/mol. The molecule has 0 heterocycles. The monoisotopic (exact) mass is 432 g/mol. The van der Waals surface area contributed by atoms with Crippen molar-refractivity contribution in [2.45, 2.75) is 40.2 Å². The Morgan fingerprint density at radius 1 is 1.22 bits per heavy atom. The van der Waals surface area contributed by atoms with E-state index in [4.69, 9.17) is 4.74 Å². The van der Waals surface area contributed by atoms with Gasteiger partial charge < -0.3 is 9.84 Å². The molecule has 1 N–H and O–H groups in total. The van der Waals surface area contributed by atoms with Gasteiger partial charge in [0.05, 0.1) is 0 Å². The number of aryl methyl sites for hydroxylation is 1. The zero-order chi connectivity index (χ0) is 23.7. The fourth-order valence-electron chi connectivity index (χ4n) is 3.53. The maximum atomic E-state index is 15.3. The van der Waals surface area contributed by atoms with Crippen LogP contribution >= 0.6 is 0 Å². The maximum absolute atomic E-state index is 15.3. The quantitative estimate of drug-likeness (QED) is 0.393. The molecule has 1 unspecified atom stereocenters. The van der Waals surface area contributed by atoms with E-state index in [-0.39, 0.29) is 12.4 Å². The average Bonchev–Trinajstić information content (AvgIpc) is 2.82. The minimum Gasteiger partial charge on any atom is -0.486 e. The van der Waals surface area contributed by atoms with Crippen molar-refractivity contribution in [2.24, 2.45) is 0 Å². The Morgan fingerprint density at radius 2 is 1.97 bits per heavy atom. The minimum atomic E-state index is -1.03. The van der Waals surface area contributed by atoms with Gasteiger partial charge in [-0.1, -0.05) is 80.8 Å². The Kier molecular flexibility index (Phi) is 9.42. The summed E-state index contributed by atoms with van der Waals surface area (Å²) in [5.41, 5.74) is 5.07. The summed E-state index contributed by atoms with van der Waals surface area (Å²) in [6.45, 7) is 15.4. The van der Waals surface area contributed by atoms with Crippen LogP contribution in [0.1, 0.15) is 54.7 Å². The third-order valence-electron chi connectivity index (χ3n) is 5.50. The van der Waals surface area contributed by atoms with E-state index in [1.165, 1.54) is 5.56 Å². The van der Waals surface area contributed by atoms with Crippen molar-refractivity contribution in [3.63, 3.8) is 0 Å². The lowest BCUT2D eigenvalue weighted by molar-refractivity contribution is 0.236. The Morgan fingerprint density at radius 3 is 2.56 bits per heavy atom. The van der Waals surface area contributed by atoms with Crippen LogP contribution < -0.4 is 4.74 Å². The number of aliphatic hydroxyl groups excluding tert-OH is 1. The Labute approximate surface area is 191 Å². The Balaban J connectivity index is 2.58. The molecule has 0 bridgehead atoms. The number of benzene rings is 2. The summed E-state index contributed by atoms with van der Waals surface area (Å²) in [5, 5.41) is 11.4. The van der Waals surface area contributed by atoms with E-state index in [1.807, 2.05) is 50.3 Å². The van der Waals surface area contributed by atoms with Crippen LogP contribution in [0.2, 0.25) is 0 Å². The first-order valence-electron chi connectivity index (χ1n) is 10.9. The van der Waals surface area contributed by atoms with Gasteiger partial charge in [0.25, 0.3) is 0 Å². The van der Waals surface area contributed by atoms with Gasteiger partial charge in [-0.2, -0.15) is 0 Å². The first kappa shape index (κ1) is 25.1. The molecule has 0 aliphatic carbocycles. The molecule has 0 saturated carbocycles. The van der Waals surface area contributed by atoms with Crippen LogP contribution in [0.3, 0.4) is 0 Å². The van der Waals surface area contributed by atoms with E-state index in [0.717, 1.165) is 17.6 Å². The summed E-state index contributed by atoms with van der Waals surface area (Å²) in [5.74, 6) is -0.363. The normalized spacial score (nSPS) is 13.3. The molecule has 0 fully saturated rings. The standard InChI is InChI=1S/C29H33FO2/c1-7-12-16-25(24-15-13-14-22(10-4)17-24)29(31)27-20(6)28(30)26(18-23(27)11-5)32-19-21(8-2)9-3/h7-9,11-18,29,31H,2,5,10,19H2,1,3-4,6H3/b12-7-,21-9+,25-16+. The summed E-state index contributed by atoms with van der Waals surface area (Å²) in [6, 6.07) is 9.64. The number of rotatable bonds is 10. The second-order valence-corrected chi connectivity index (χ2v) is 7.48. The lowest BCUT2D eigenvalue weighted by atomic mass is 9.88. The van der Waals surface area contributed by atoms with Crippen LogP contribution in [-0.4, -0.2) is 11.7 Å². The van der Waals surface area contributed by atoms with Gasteiger partial charge in [0.2, 0.25) is 0 Å². The van der Waals surface area contributed by atoms with Crippen molar-refractivity contribution in [1.82, 2.24) is 0 Å². The zero-order valence-corrected chi connectivity index (χ0v) is 19.5. The second-order valence-electron chi connectivity index (χ2n) is 7.48. The lowest BCUT2D eigenvalue weighted by Crippen LogP contribution is -2.10. The summed E-state index contributed by atoms with van der Waals surface area (Å²) in [6.07, 6.45) is 10.7. The molecule has 0 aromatic heterocycles. The second kappa shape index (κ2) is 12.0.